The first-order chi connectivity index (χ1) is 21.8. The number of anilines is 1. The number of ether oxygens (including phenoxy) is 1. The van der Waals surface area contributed by atoms with Crippen molar-refractivity contribution in [2.24, 2.45) is 0 Å². The zero-order valence-corrected chi connectivity index (χ0v) is 28.2. The summed E-state index contributed by atoms with van der Waals surface area (Å²) in [5.41, 5.74) is 3.39. The van der Waals surface area contributed by atoms with Gasteiger partial charge in [0, 0.05) is 18.5 Å². The molecule has 4 aromatic carbocycles. The lowest BCUT2D eigenvalue weighted by Gasteiger charge is -2.35. The first kappa shape index (κ1) is 34.2. The van der Waals surface area contributed by atoms with Gasteiger partial charge in [0.05, 0.1) is 17.7 Å². The van der Waals surface area contributed by atoms with E-state index in [1.54, 1.807) is 36.4 Å². The minimum Gasteiger partial charge on any atom is -0.497 e. The van der Waals surface area contributed by atoms with E-state index in [0.717, 1.165) is 26.6 Å². The molecular weight excluding hydrogens is 598 g/mol. The molecule has 1 atom stereocenters. The van der Waals surface area contributed by atoms with Crippen molar-refractivity contribution in [3.05, 3.63) is 125 Å². The van der Waals surface area contributed by atoms with Crippen molar-refractivity contribution < 1.29 is 22.7 Å². The highest BCUT2D eigenvalue weighted by Crippen LogP contribution is 2.27. The zero-order chi connectivity index (χ0) is 33.5. The molecule has 1 N–H and O–H groups in total. The molecule has 2 amide bonds. The van der Waals surface area contributed by atoms with Gasteiger partial charge in [0.2, 0.25) is 11.8 Å². The number of nitrogens with one attached hydrogen (secondary N) is 1. The van der Waals surface area contributed by atoms with Crippen molar-refractivity contribution >= 4 is 27.5 Å². The standard InChI is InChI=1S/C37H43N3O5S/c1-27-12-16-30(17-13-27)25-39(34(36(42)38-37(3,4)5)24-29-10-8-7-9-11-29)35(41)26-40(31-18-20-32(45-6)21-19-31)46(43,44)33-22-14-28(2)15-23-33/h7-23,34H,24-26H2,1-6H3,(H,38,42)/t34-/m1/s1. The fourth-order valence-corrected chi connectivity index (χ4v) is 6.43. The van der Waals surface area contributed by atoms with Crippen LogP contribution in [-0.4, -0.2) is 50.4 Å². The molecule has 0 unspecified atom stereocenters. The van der Waals surface area contributed by atoms with Crippen molar-refractivity contribution in [3.8, 4) is 5.75 Å². The molecule has 242 valence electrons. The maximum Gasteiger partial charge on any atom is 0.264 e. The van der Waals surface area contributed by atoms with Crippen molar-refractivity contribution in [2.45, 2.75) is 64.1 Å². The molecule has 0 spiro atoms. The Labute approximate surface area is 273 Å². The van der Waals surface area contributed by atoms with Gasteiger partial charge in [-0.25, -0.2) is 8.42 Å². The van der Waals surface area contributed by atoms with E-state index in [9.17, 15) is 18.0 Å². The van der Waals surface area contributed by atoms with Gasteiger partial charge in [-0.1, -0.05) is 77.9 Å². The quantitative estimate of drug-likeness (QED) is 0.203. The smallest absolute Gasteiger partial charge is 0.264 e. The van der Waals surface area contributed by atoms with Gasteiger partial charge in [-0.2, -0.15) is 0 Å². The number of methoxy groups -OCH3 is 1. The Morgan fingerprint density at radius 3 is 1.89 bits per heavy atom. The van der Waals surface area contributed by atoms with Gasteiger partial charge in [-0.05, 0) is 82.1 Å². The lowest BCUT2D eigenvalue weighted by molar-refractivity contribution is -0.140. The monoisotopic (exact) mass is 641 g/mol. The van der Waals surface area contributed by atoms with Gasteiger partial charge < -0.3 is 15.0 Å². The number of hydrogen-bond donors (Lipinski definition) is 1. The summed E-state index contributed by atoms with van der Waals surface area (Å²) in [4.78, 5) is 30.1. The van der Waals surface area contributed by atoms with E-state index in [1.807, 2.05) is 89.2 Å². The number of amides is 2. The highest BCUT2D eigenvalue weighted by Gasteiger charge is 2.35. The minimum atomic E-state index is -4.19. The second-order valence-corrected chi connectivity index (χ2v) is 14.3. The van der Waals surface area contributed by atoms with Crippen LogP contribution in [0.25, 0.3) is 0 Å². The van der Waals surface area contributed by atoms with E-state index in [1.165, 1.54) is 24.1 Å². The molecular formula is C37H43N3O5S. The van der Waals surface area contributed by atoms with Gasteiger partial charge in [0.25, 0.3) is 10.0 Å². The first-order valence-electron chi connectivity index (χ1n) is 15.2. The van der Waals surface area contributed by atoms with E-state index < -0.39 is 34.1 Å². The van der Waals surface area contributed by atoms with Crippen LogP contribution in [-0.2, 0) is 32.6 Å². The molecule has 46 heavy (non-hydrogen) atoms. The Morgan fingerprint density at radius 2 is 1.35 bits per heavy atom. The van der Waals surface area contributed by atoms with Crippen LogP contribution < -0.4 is 14.4 Å². The minimum absolute atomic E-state index is 0.0538. The lowest BCUT2D eigenvalue weighted by Crippen LogP contribution is -2.56. The maximum atomic E-state index is 14.6. The molecule has 9 heteroatoms. The Hall–Kier alpha value is -4.63. The number of hydrogen-bond acceptors (Lipinski definition) is 5. The molecule has 4 rings (SSSR count). The molecule has 0 heterocycles. The van der Waals surface area contributed by atoms with Gasteiger partial charge >= 0.3 is 0 Å². The highest BCUT2D eigenvalue weighted by molar-refractivity contribution is 7.92. The van der Waals surface area contributed by atoms with Crippen LogP contribution in [0.2, 0.25) is 0 Å². The van der Waals surface area contributed by atoms with Crippen molar-refractivity contribution in [1.82, 2.24) is 10.2 Å². The van der Waals surface area contributed by atoms with E-state index in [-0.39, 0.29) is 23.8 Å². The van der Waals surface area contributed by atoms with Crippen LogP contribution in [0.15, 0.2) is 108 Å². The summed E-state index contributed by atoms with van der Waals surface area (Å²) in [6.45, 7) is 9.09. The molecule has 0 bridgehead atoms. The molecule has 0 radical (unpaired) electrons. The fraction of sp³-hybridized carbons (Fsp3) is 0.297. The van der Waals surface area contributed by atoms with Crippen LogP contribution >= 0.6 is 0 Å². The lowest BCUT2D eigenvalue weighted by atomic mass is 10.0. The molecule has 0 aliphatic heterocycles. The van der Waals surface area contributed by atoms with Crippen LogP contribution in [0.1, 0.15) is 43.0 Å². The number of benzene rings is 4. The van der Waals surface area contributed by atoms with Crippen LogP contribution in [0.4, 0.5) is 5.69 Å². The summed E-state index contributed by atoms with van der Waals surface area (Å²) in [6, 6.07) is 29.3. The third-order valence-electron chi connectivity index (χ3n) is 7.49. The second-order valence-electron chi connectivity index (χ2n) is 12.5. The predicted octanol–water partition coefficient (Wildman–Crippen LogP) is 6.06. The molecule has 0 saturated heterocycles. The summed E-state index contributed by atoms with van der Waals surface area (Å²) >= 11 is 0. The number of carbonyl (C=O) groups is 2. The Balaban J connectivity index is 1.81. The predicted molar refractivity (Wildman–Crippen MR) is 182 cm³/mol. The average Bonchev–Trinajstić information content (AvgIpc) is 3.02. The normalized spacial score (nSPS) is 12.2. The number of nitrogens with zero attached hydrogens (tertiary/aromatic N) is 2. The highest BCUT2D eigenvalue weighted by atomic mass is 32.2. The largest absolute Gasteiger partial charge is 0.497 e. The van der Waals surface area contributed by atoms with Gasteiger partial charge in [0.1, 0.15) is 18.3 Å². The maximum absolute atomic E-state index is 14.6. The van der Waals surface area contributed by atoms with Crippen molar-refractivity contribution in [2.75, 3.05) is 18.0 Å². The molecule has 0 aliphatic carbocycles. The second kappa shape index (κ2) is 14.6. The zero-order valence-electron chi connectivity index (χ0n) is 27.4. The van der Waals surface area contributed by atoms with Crippen molar-refractivity contribution in [3.63, 3.8) is 0 Å². The topological polar surface area (TPSA) is 96.0 Å². The van der Waals surface area contributed by atoms with Crippen LogP contribution in [0.5, 0.6) is 5.75 Å². The summed E-state index contributed by atoms with van der Waals surface area (Å²) < 4.78 is 34.8. The molecule has 0 fully saturated rings. The molecule has 4 aromatic rings. The summed E-state index contributed by atoms with van der Waals surface area (Å²) in [5.74, 6) is -0.295. The summed E-state index contributed by atoms with van der Waals surface area (Å²) in [6.07, 6.45) is 0.244. The molecule has 8 nitrogen and oxygen atoms in total. The van der Waals surface area contributed by atoms with Gasteiger partial charge in [-0.3, -0.25) is 13.9 Å². The first-order valence-corrected chi connectivity index (χ1v) is 16.7. The van der Waals surface area contributed by atoms with E-state index in [2.05, 4.69) is 5.32 Å². The number of carbonyl (C=O) groups excluding carboxylic acids is 2. The number of aryl methyl sites for hydroxylation is 2. The van der Waals surface area contributed by atoms with Crippen LogP contribution in [0.3, 0.4) is 0 Å². The number of sulfonamides is 1. The average molecular weight is 642 g/mol. The van der Waals surface area contributed by atoms with E-state index in [0.29, 0.717) is 11.4 Å². The Kier molecular flexibility index (Phi) is 10.9. The molecule has 0 aliphatic rings. The van der Waals surface area contributed by atoms with E-state index >= 15 is 0 Å². The SMILES string of the molecule is COc1ccc(N(CC(=O)N(Cc2ccc(C)cc2)[C@H](Cc2ccccc2)C(=O)NC(C)(C)C)S(=O)(=O)c2ccc(C)cc2)cc1. The van der Waals surface area contributed by atoms with Crippen LogP contribution in [0, 0.1) is 13.8 Å². The Bertz CT molecular complexity index is 1720. The third-order valence-corrected chi connectivity index (χ3v) is 9.28. The molecule has 0 saturated carbocycles. The summed E-state index contributed by atoms with van der Waals surface area (Å²) in [5, 5.41) is 3.05. The van der Waals surface area contributed by atoms with Gasteiger partial charge in [-0.15, -0.1) is 0 Å². The Morgan fingerprint density at radius 1 is 0.783 bits per heavy atom. The third kappa shape index (κ3) is 8.97. The van der Waals surface area contributed by atoms with Gasteiger partial charge in [0.15, 0.2) is 0 Å². The molecule has 0 aromatic heterocycles. The number of rotatable bonds is 12. The van der Waals surface area contributed by atoms with Crippen molar-refractivity contribution in [1.29, 1.82) is 0 Å². The summed E-state index contributed by atoms with van der Waals surface area (Å²) in [7, 11) is -2.66. The van der Waals surface area contributed by atoms with E-state index in [4.69, 9.17) is 4.74 Å². The fourth-order valence-electron chi connectivity index (χ4n) is 5.01.